The summed E-state index contributed by atoms with van der Waals surface area (Å²) in [6.07, 6.45) is 3.36. The Labute approximate surface area is 183 Å². The highest BCUT2D eigenvalue weighted by Crippen LogP contribution is 2.33. The largest absolute Gasteiger partial charge is 0.364 e. The van der Waals surface area contributed by atoms with Crippen LogP contribution in [0.25, 0.3) is 28.1 Å². The molecule has 1 N–H and O–H groups in total. The van der Waals surface area contributed by atoms with Gasteiger partial charge in [0.05, 0.1) is 30.9 Å². The van der Waals surface area contributed by atoms with Gasteiger partial charge in [0.2, 0.25) is 0 Å². The summed E-state index contributed by atoms with van der Waals surface area (Å²) >= 11 is 0. The van der Waals surface area contributed by atoms with Gasteiger partial charge in [0.15, 0.2) is 11.6 Å². The zero-order chi connectivity index (χ0) is 21.8. The van der Waals surface area contributed by atoms with Crippen molar-refractivity contribution in [3.63, 3.8) is 0 Å². The van der Waals surface area contributed by atoms with Gasteiger partial charge >= 0.3 is 0 Å². The van der Waals surface area contributed by atoms with E-state index in [0.29, 0.717) is 30.4 Å². The van der Waals surface area contributed by atoms with Crippen molar-refractivity contribution < 1.29 is 9.13 Å². The minimum atomic E-state index is -0.443. The van der Waals surface area contributed by atoms with E-state index in [1.54, 1.807) is 13.0 Å². The van der Waals surface area contributed by atoms with Crippen molar-refractivity contribution in [2.75, 3.05) is 6.61 Å². The molecular weight excluding hydrogens is 407 g/mol. The van der Waals surface area contributed by atoms with Gasteiger partial charge in [-0.15, -0.1) is 5.10 Å². The number of nitrogens with one attached hydrogen (secondary N) is 1. The number of nitrogens with zero attached hydrogens (tertiary/aromatic N) is 5. The van der Waals surface area contributed by atoms with Gasteiger partial charge in [0.25, 0.3) is 0 Å². The lowest BCUT2D eigenvalue weighted by molar-refractivity contribution is 0.0384. The molecule has 0 saturated heterocycles. The molecule has 0 fully saturated rings. The second-order valence-electron chi connectivity index (χ2n) is 8.10. The molecule has 0 bridgehead atoms. The fraction of sp³-hybridized carbons (Fsp3) is 0.208. The molecule has 4 heterocycles. The van der Waals surface area contributed by atoms with E-state index >= 15 is 0 Å². The van der Waals surface area contributed by atoms with Gasteiger partial charge in [-0.25, -0.2) is 19.0 Å². The summed E-state index contributed by atoms with van der Waals surface area (Å²) in [5.41, 5.74) is 5.19. The van der Waals surface area contributed by atoms with Crippen molar-refractivity contribution in [3.05, 3.63) is 83.5 Å². The number of benzene rings is 2. The minimum absolute atomic E-state index is 0.248. The zero-order valence-electron chi connectivity index (χ0n) is 17.7. The van der Waals surface area contributed by atoms with Crippen molar-refractivity contribution in [1.29, 1.82) is 0 Å². The Morgan fingerprint density at radius 3 is 2.91 bits per heavy atom. The van der Waals surface area contributed by atoms with Crippen LogP contribution < -0.4 is 0 Å². The number of hydrogen-bond acceptors (Lipinski definition) is 4. The molecule has 7 nitrogen and oxygen atoms in total. The normalized spacial score (nSPS) is 15.9. The van der Waals surface area contributed by atoms with Gasteiger partial charge in [0, 0.05) is 22.8 Å². The van der Waals surface area contributed by atoms with E-state index in [1.807, 2.05) is 53.0 Å². The number of imidazole rings is 1. The SMILES string of the molecule is Cc1cn(-c2ccc3[nH]c(-c4nc5n(n4)CCOC5c4cccc(F)c4C)cc3c2)cn1. The smallest absolute Gasteiger partial charge is 0.197 e. The van der Waals surface area contributed by atoms with Crippen molar-refractivity contribution in [1.82, 2.24) is 29.3 Å². The number of aromatic amines is 1. The predicted octanol–water partition coefficient (Wildman–Crippen LogP) is 4.49. The highest BCUT2D eigenvalue weighted by Gasteiger charge is 2.29. The van der Waals surface area contributed by atoms with E-state index in [2.05, 4.69) is 16.0 Å². The fourth-order valence-electron chi connectivity index (χ4n) is 4.26. The molecule has 2 aromatic carbocycles. The van der Waals surface area contributed by atoms with Gasteiger partial charge in [-0.05, 0) is 55.3 Å². The third kappa shape index (κ3) is 3.03. The number of aryl methyl sites for hydroxylation is 1. The monoisotopic (exact) mass is 428 g/mol. The standard InChI is InChI=1S/C24H21FN6O/c1-14-12-30(13-26-14)17-6-7-20-16(10-17)11-21(27-20)23-28-24-22(32-9-8-31(24)29-23)18-4-3-5-19(25)15(18)2/h3-7,10-13,22,27H,8-9H2,1-2H3. The Morgan fingerprint density at radius 1 is 1.16 bits per heavy atom. The predicted molar refractivity (Wildman–Crippen MR) is 118 cm³/mol. The molecule has 1 unspecified atom stereocenters. The van der Waals surface area contributed by atoms with Gasteiger partial charge in [-0.3, -0.25) is 0 Å². The van der Waals surface area contributed by atoms with E-state index in [4.69, 9.17) is 14.8 Å². The van der Waals surface area contributed by atoms with Crippen molar-refractivity contribution in [2.24, 2.45) is 0 Å². The van der Waals surface area contributed by atoms with Crippen LogP contribution in [0.5, 0.6) is 0 Å². The molecular formula is C24H21FN6O. The molecule has 160 valence electrons. The minimum Gasteiger partial charge on any atom is -0.364 e. The van der Waals surface area contributed by atoms with Crippen molar-refractivity contribution in [2.45, 2.75) is 26.5 Å². The van der Waals surface area contributed by atoms with Gasteiger partial charge < -0.3 is 14.3 Å². The summed E-state index contributed by atoms with van der Waals surface area (Å²) in [5.74, 6) is 1.04. The van der Waals surface area contributed by atoms with Crippen molar-refractivity contribution >= 4 is 10.9 Å². The van der Waals surface area contributed by atoms with Crippen molar-refractivity contribution in [3.8, 4) is 17.2 Å². The Bertz CT molecular complexity index is 1460. The molecule has 8 heteroatoms. The summed E-state index contributed by atoms with van der Waals surface area (Å²) < 4.78 is 24.0. The van der Waals surface area contributed by atoms with E-state index in [-0.39, 0.29) is 5.82 Å². The lowest BCUT2D eigenvalue weighted by Gasteiger charge is -2.24. The maximum Gasteiger partial charge on any atom is 0.197 e. The summed E-state index contributed by atoms with van der Waals surface area (Å²) in [5, 5.41) is 5.77. The first-order valence-corrected chi connectivity index (χ1v) is 10.5. The molecule has 0 spiro atoms. The Hall–Kier alpha value is -3.78. The molecule has 5 aromatic rings. The molecule has 1 atom stereocenters. The molecule has 0 aliphatic carbocycles. The topological polar surface area (TPSA) is 73.5 Å². The maximum absolute atomic E-state index is 14.1. The summed E-state index contributed by atoms with van der Waals surface area (Å²) in [4.78, 5) is 12.5. The number of aromatic nitrogens is 6. The first-order chi connectivity index (χ1) is 15.6. The molecule has 6 rings (SSSR count). The number of rotatable bonds is 3. The zero-order valence-corrected chi connectivity index (χ0v) is 17.7. The van der Waals surface area contributed by atoms with Gasteiger partial charge in [-0.2, -0.15) is 0 Å². The van der Waals surface area contributed by atoms with E-state index in [9.17, 15) is 4.39 Å². The Balaban J connectivity index is 1.39. The molecule has 1 aliphatic heterocycles. The molecule has 1 aliphatic rings. The Kier molecular flexibility index (Phi) is 4.22. The van der Waals surface area contributed by atoms with E-state index in [1.165, 1.54) is 6.07 Å². The average molecular weight is 428 g/mol. The number of H-pyrrole nitrogens is 1. The molecule has 0 amide bonds. The average Bonchev–Trinajstić information content (AvgIpc) is 3.52. The quantitative estimate of drug-likeness (QED) is 0.460. The third-order valence-corrected chi connectivity index (χ3v) is 5.97. The van der Waals surface area contributed by atoms with Crippen LogP contribution in [0, 0.1) is 19.7 Å². The maximum atomic E-state index is 14.1. The second kappa shape index (κ2) is 7.13. The van der Waals surface area contributed by atoms with Crippen LogP contribution in [-0.4, -0.2) is 35.9 Å². The highest BCUT2D eigenvalue weighted by molar-refractivity contribution is 5.86. The van der Waals surface area contributed by atoms with E-state index in [0.717, 1.165) is 33.5 Å². The van der Waals surface area contributed by atoms with Crippen LogP contribution in [0.4, 0.5) is 4.39 Å². The van der Waals surface area contributed by atoms with Crippen LogP contribution in [0.15, 0.2) is 55.0 Å². The molecule has 0 radical (unpaired) electrons. The molecule has 32 heavy (non-hydrogen) atoms. The number of hydrogen-bond donors (Lipinski definition) is 1. The number of ether oxygens (including phenoxy) is 1. The summed E-state index contributed by atoms with van der Waals surface area (Å²) in [6.45, 7) is 4.84. The lowest BCUT2D eigenvalue weighted by atomic mass is 10.0. The lowest BCUT2D eigenvalue weighted by Crippen LogP contribution is -2.24. The summed E-state index contributed by atoms with van der Waals surface area (Å²) in [6, 6.07) is 13.3. The van der Waals surface area contributed by atoms with Crippen LogP contribution >= 0.6 is 0 Å². The molecule has 0 saturated carbocycles. The van der Waals surface area contributed by atoms with Crippen LogP contribution in [-0.2, 0) is 11.3 Å². The molecule has 3 aromatic heterocycles. The van der Waals surface area contributed by atoms with Crippen LogP contribution in [0.2, 0.25) is 0 Å². The Morgan fingerprint density at radius 2 is 2.06 bits per heavy atom. The van der Waals surface area contributed by atoms with Crippen LogP contribution in [0.3, 0.4) is 0 Å². The highest BCUT2D eigenvalue weighted by atomic mass is 19.1. The first-order valence-electron chi connectivity index (χ1n) is 10.5. The van der Waals surface area contributed by atoms with Crippen LogP contribution in [0.1, 0.15) is 28.7 Å². The van der Waals surface area contributed by atoms with Gasteiger partial charge in [-0.1, -0.05) is 12.1 Å². The first kappa shape index (κ1) is 18.9. The summed E-state index contributed by atoms with van der Waals surface area (Å²) in [7, 11) is 0. The fourth-order valence-corrected chi connectivity index (χ4v) is 4.26. The number of halogens is 1. The second-order valence-corrected chi connectivity index (χ2v) is 8.10. The third-order valence-electron chi connectivity index (χ3n) is 5.97. The van der Waals surface area contributed by atoms with E-state index < -0.39 is 6.10 Å². The number of fused-ring (bicyclic) bond motifs is 2. The van der Waals surface area contributed by atoms with Gasteiger partial charge in [0.1, 0.15) is 11.9 Å².